The molecule has 154 valence electrons. The molecule has 0 aromatic heterocycles. The van der Waals surface area contributed by atoms with Crippen molar-refractivity contribution in [2.75, 3.05) is 7.11 Å². The van der Waals surface area contributed by atoms with Crippen LogP contribution in [0.5, 0.6) is 0 Å². The minimum atomic E-state index is 0.659. The van der Waals surface area contributed by atoms with Gasteiger partial charge in [-0.3, -0.25) is 0 Å². The molecule has 0 amide bonds. The lowest BCUT2D eigenvalue weighted by Gasteiger charge is -2.27. The Kier molecular flexibility index (Phi) is 6.81. The summed E-state index contributed by atoms with van der Waals surface area (Å²) in [6.45, 7) is 2.79. The predicted molar refractivity (Wildman–Crippen MR) is 128 cm³/mol. The first kappa shape index (κ1) is 20.6. The second-order valence-electron chi connectivity index (χ2n) is 8.47. The maximum absolute atomic E-state index is 5.20. The standard InChI is InChI=1S/C29H32O/c1-3-4-22-5-9-24(10-6-22)26-13-17-28(18-14-26)29-19-15-27(16-20-29)25-11-7-23(8-12-25)21-30-2/h3-4,7-8,11-20,22,24H,5-6,9-10,21H2,1-2H3. The molecule has 3 aromatic rings. The molecular formula is C29H32O. The lowest BCUT2D eigenvalue weighted by Crippen LogP contribution is -2.11. The van der Waals surface area contributed by atoms with Gasteiger partial charge in [0.25, 0.3) is 0 Å². The highest BCUT2D eigenvalue weighted by molar-refractivity contribution is 5.70. The van der Waals surface area contributed by atoms with Gasteiger partial charge in [0.2, 0.25) is 0 Å². The van der Waals surface area contributed by atoms with E-state index in [2.05, 4.69) is 91.9 Å². The molecule has 1 aliphatic carbocycles. The quantitative estimate of drug-likeness (QED) is 0.383. The van der Waals surface area contributed by atoms with Crippen LogP contribution in [0.2, 0.25) is 0 Å². The largest absolute Gasteiger partial charge is 0.380 e. The summed E-state index contributed by atoms with van der Waals surface area (Å²) >= 11 is 0. The molecule has 1 nitrogen and oxygen atoms in total. The second-order valence-corrected chi connectivity index (χ2v) is 8.47. The molecule has 0 radical (unpaired) electrons. The SMILES string of the molecule is CC=CC1CCC(c2ccc(-c3ccc(-c4ccc(COC)cc4)cc3)cc2)CC1. The lowest BCUT2D eigenvalue weighted by atomic mass is 9.78. The summed E-state index contributed by atoms with van der Waals surface area (Å²) in [5.74, 6) is 1.52. The first-order valence-electron chi connectivity index (χ1n) is 11.2. The molecule has 1 fully saturated rings. The summed E-state index contributed by atoms with van der Waals surface area (Å²) in [4.78, 5) is 0. The summed E-state index contributed by atoms with van der Waals surface area (Å²) < 4.78 is 5.20. The Hall–Kier alpha value is -2.64. The Bertz CT molecular complexity index is 941. The molecule has 0 spiro atoms. The number of benzene rings is 3. The summed E-state index contributed by atoms with van der Waals surface area (Å²) in [5.41, 5.74) is 7.77. The Balaban J connectivity index is 1.42. The highest BCUT2D eigenvalue weighted by Crippen LogP contribution is 2.37. The molecule has 1 aliphatic rings. The fourth-order valence-electron chi connectivity index (χ4n) is 4.68. The Labute approximate surface area is 181 Å². The number of allylic oxidation sites excluding steroid dienone is 2. The molecule has 0 unspecified atom stereocenters. The van der Waals surface area contributed by atoms with Crippen molar-refractivity contribution in [3.63, 3.8) is 0 Å². The molecule has 0 N–H and O–H groups in total. The molecule has 1 saturated carbocycles. The van der Waals surface area contributed by atoms with Gasteiger partial charge in [0, 0.05) is 7.11 Å². The molecule has 0 aliphatic heterocycles. The Morgan fingerprint density at radius 1 is 0.700 bits per heavy atom. The van der Waals surface area contributed by atoms with Crippen molar-refractivity contribution in [2.45, 2.75) is 45.1 Å². The molecule has 0 bridgehead atoms. The van der Waals surface area contributed by atoms with Gasteiger partial charge in [-0.2, -0.15) is 0 Å². The van der Waals surface area contributed by atoms with Gasteiger partial charge in [0.1, 0.15) is 0 Å². The zero-order valence-electron chi connectivity index (χ0n) is 18.2. The van der Waals surface area contributed by atoms with Crippen LogP contribution in [0, 0.1) is 5.92 Å². The van der Waals surface area contributed by atoms with E-state index in [4.69, 9.17) is 4.74 Å². The Morgan fingerprint density at radius 2 is 1.17 bits per heavy atom. The fourth-order valence-corrected chi connectivity index (χ4v) is 4.68. The molecular weight excluding hydrogens is 364 g/mol. The predicted octanol–water partition coefficient (Wildman–Crippen LogP) is 8.02. The van der Waals surface area contributed by atoms with Gasteiger partial charge in [0.15, 0.2) is 0 Å². The average molecular weight is 397 g/mol. The molecule has 0 saturated heterocycles. The van der Waals surface area contributed by atoms with Crippen molar-refractivity contribution >= 4 is 0 Å². The van der Waals surface area contributed by atoms with Crippen LogP contribution < -0.4 is 0 Å². The van der Waals surface area contributed by atoms with Gasteiger partial charge in [-0.05, 0) is 77.8 Å². The van der Waals surface area contributed by atoms with E-state index >= 15 is 0 Å². The first-order valence-corrected chi connectivity index (χ1v) is 11.2. The summed E-state index contributed by atoms with van der Waals surface area (Å²) in [5, 5.41) is 0. The van der Waals surface area contributed by atoms with E-state index in [-0.39, 0.29) is 0 Å². The van der Waals surface area contributed by atoms with E-state index in [1.807, 2.05) is 0 Å². The van der Waals surface area contributed by atoms with Crippen LogP contribution in [0.1, 0.15) is 49.7 Å². The van der Waals surface area contributed by atoms with Gasteiger partial charge < -0.3 is 4.74 Å². The van der Waals surface area contributed by atoms with Gasteiger partial charge in [0.05, 0.1) is 6.61 Å². The number of ether oxygens (including phenoxy) is 1. The minimum absolute atomic E-state index is 0.659. The third-order valence-electron chi connectivity index (χ3n) is 6.44. The second kappa shape index (κ2) is 9.91. The minimum Gasteiger partial charge on any atom is -0.380 e. The molecule has 3 aromatic carbocycles. The van der Waals surface area contributed by atoms with Crippen molar-refractivity contribution in [1.82, 2.24) is 0 Å². The molecule has 1 heteroatoms. The average Bonchev–Trinajstić information content (AvgIpc) is 2.81. The first-order chi connectivity index (χ1) is 14.8. The van der Waals surface area contributed by atoms with Crippen LogP contribution in [-0.4, -0.2) is 7.11 Å². The van der Waals surface area contributed by atoms with Crippen molar-refractivity contribution in [3.8, 4) is 22.3 Å². The Morgan fingerprint density at radius 3 is 1.63 bits per heavy atom. The zero-order valence-corrected chi connectivity index (χ0v) is 18.2. The normalized spacial score (nSPS) is 19.3. The molecule has 30 heavy (non-hydrogen) atoms. The van der Waals surface area contributed by atoms with Gasteiger partial charge in [-0.1, -0.05) is 84.9 Å². The van der Waals surface area contributed by atoms with E-state index in [9.17, 15) is 0 Å². The maximum atomic E-state index is 5.20. The third kappa shape index (κ3) is 4.91. The summed E-state index contributed by atoms with van der Waals surface area (Å²) in [6, 6.07) is 26.8. The zero-order chi connectivity index (χ0) is 20.8. The van der Waals surface area contributed by atoms with Gasteiger partial charge in [-0.15, -0.1) is 0 Å². The summed E-state index contributed by atoms with van der Waals surface area (Å²) in [6.07, 6.45) is 9.87. The van der Waals surface area contributed by atoms with Gasteiger partial charge >= 0.3 is 0 Å². The van der Waals surface area contributed by atoms with Crippen molar-refractivity contribution in [1.29, 1.82) is 0 Å². The molecule has 0 atom stereocenters. The maximum Gasteiger partial charge on any atom is 0.0713 e. The van der Waals surface area contributed by atoms with Crippen molar-refractivity contribution in [3.05, 3.63) is 96.1 Å². The monoisotopic (exact) mass is 396 g/mol. The smallest absolute Gasteiger partial charge is 0.0713 e. The highest BCUT2D eigenvalue weighted by Gasteiger charge is 2.20. The van der Waals surface area contributed by atoms with Crippen LogP contribution in [0.25, 0.3) is 22.3 Å². The van der Waals surface area contributed by atoms with Gasteiger partial charge in [-0.25, -0.2) is 0 Å². The fraction of sp³-hybridized carbons (Fsp3) is 0.310. The number of rotatable bonds is 6. The van der Waals surface area contributed by atoms with E-state index in [1.54, 1.807) is 7.11 Å². The van der Waals surface area contributed by atoms with E-state index < -0.39 is 0 Å². The van der Waals surface area contributed by atoms with Crippen LogP contribution in [0.15, 0.2) is 84.9 Å². The van der Waals surface area contributed by atoms with Crippen LogP contribution in [0.4, 0.5) is 0 Å². The van der Waals surface area contributed by atoms with E-state index in [0.29, 0.717) is 6.61 Å². The van der Waals surface area contributed by atoms with E-state index in [0.717, 1.165) is 11.8 Å². The third-order valence-corrected chi connectivity index (χ3v) is 6.44. The lowest BCUT2D eigenvalue weighted by molar-refractivity contribution is 0.185. The van der Waals surface area contributed by atoms with Crippen molar-refractivity contribution < 1.29 is 4.74 Å². The van der Waals surface area contributed by atoms with Crippen LogP contribution >= 0.6 is 0 Å². The molecule has 0 heterocycles. The number of hydrogen-bond donors (Lipinski definition) is 0. The summed E-state index contributed by atoms with van der Waals surface area (Å²) in [7, 11) is 1.73. The number of methoxy groups -OCH3 is 1. The van der Waals surface area contributed by atoms with Crippen molar-refractivity contribution in [2.24, 2.45) is 5.92 Å². The van der Waals surface area contributed by atoms with Crippen LogP contribution in [-0.2, 0) is 11.3 Å². The number of hydrogen-bond acceptors (Lipinski definition) is 1. The molecule has 4 rings (SSSR count). The topological polar surface area (TPSA) is 9.23 Å². The van der Waals surface area contributed by atoms with E-state index in [1.165, 1.54) is 59.1 Å². The van der Waals surface area contributed by atoms with Crippen LogP contribution in [0.3, 0.4) is 0 Å². The highest BCUT2D eigenvalue weighted by atomic mass is 16.5.